The lowest BCUT2D eigenvalue weighted by molar-refractivity contribution is 0.286. The summed E-state index contributed by atoms with van der Waals surface area (Å²) in [5.74, 6) is 1.46. The first-order valence-corrected chi connectivity index (χ1v) is 8.55. The van der Waals surface area contributed by atoms with E-state index in [1.165, 1.54) is 5.56 Å². The van der Waals surface area contributed by atoms with E-state index in [2.05, 4.69) is 53.0 Å². The van der Waals surface area contributed by atoms with E-state index in [1.807, 2.05) is 32.2 Å². The van der Waals surface area contributed by atoms with Crippen LogP contribution in [-0.4, -0.2) is 19.4 Å². The Balaban J connectivity index is 2.36. The zero-order valence-electron chi connectivity index (χ0n) is 14.0. The van der Waals surface area contributed by atoms with Gasteiger partial charge in [0.15, 0.2) is 11.5 Å². The summed E-state index contributed by atoms with van der Waals surface area (Å²) < 4.78 is 12.2. The quantitative estimate of drug-likeness (QED) is 0.613. The summed E-state index contributed by atoms with van der Waals surface area (Å²) in [5, 5.41) is 0. The Labute approximate surface area is 146 Å². The van der Waals surface area contributed by atoms with Crippen LogP contribution in [0.4, 0.5) is 5.69 Å². The maximum atomic E-state index is 5.69. The minimum absolute atomic E-state index is 0.587. The molecule has 2 aromatic rings. The van der Waals surface area contributed by atoms with Crippen LogP contribution >= 0.6 is 15.9 Å². The summed E-state index contributed by atoms with van der Waals surface area (Å²) in [7, 11) is 0. The largest absolute Gasteiger partial charge is 0.490 e. The predicted octanol–water partition coefficient (Wildman–Crippen LogP) is 5.61. The van der Waals surface area contributed by atoms with Gasteiger partial charge in [0.2, 0.25) is 0 Å². The highest BCUT2D eigenvalue weighted by molar-refractivity contribution is 9.10. The minimum Gasteiger partial charge on any atom is -0.490 e. The van der Waals surface area contributed by atoms with Crippen molar-refractivity contribution in [3.8, 4) is 11.5 Å². The zero-order chi connectivity index (χ0) is 16.8. The number of hydrogen-bond donors (Lipinski definition) is 0. The summed E-state index contributed by atoms with van der Waals surface area (Å²) in [5.41, 5.74) is 4.30. The molecule has 3 nitrogen and oxygen atoms in total. The van der Waals surface area contributed by atoms with Gasteiger partial charge >= 0.3 is 0 Å². The molecule has 0 N–H and O–H groups in total. The van der Waals surface area contributed by atoms with Crippen LogP contribution in [-0.2, 0) is 0 Å². The summed E-state index contributed by atoms with van der Waals surface area (Å²) in [6.45, 7) is 9.22. The van der Waals surface area contributed by atoms with E-state index in [9.17, 15) is 0 Å². The Morgan fingerprint density at radius 3 is 2.48 bits per heavy atom. The average molecular weight is 376 g/mol. The smallest absolute Gasteiger partial charge is 0.175 e. The first-order valence-electron chi connectivity index (χ1n) is 7.75. The fraction of sp³-hybridized carbons (Fsp3) is 0.316. The highest BCUT2D eigenvalue weighted by Gasteiger charge is 2.11. The fourth-order valence-electron chi connectivity index (χ4n) is 2.21. The van der Waals surface area contributed by atoms with E-state index in [0.29, 0.717) is 13.2 Å². The molecule has 0 amide bonds. The Bertz CT molecular complexity index is 711. The molecule has 0 spiro atoms. The molecule has 0 aliphatic rings. The van der Waals surface area contributed by atoms with Gasteiger partial charge in [-0.15, -0.1) is 0 Å². The SMILES string of the molecule is CCOc1cc(C=Nc2cc(C)ccc2C)cc(Br)c1OCC. The van der Waals surface area contributed by atoms with E-state index in [0.717, 1.165) is 32.8 Å². The second kappa shape index (κ2) is 8.16. The molecule has 2 aromatic carbocycles. The van der Waals surface area contributed by atoms with Crippen LogP contribution in [0.2, 0.25) is 0 Å². The van der Waals surface area contributed by atoms with Crippen molar-refractivity contribution in [3.63, 3.8) is 0 Å². The molecule has 0 bridgehead atoms. The van der Waals surface area contributed by atoms with Crippen LogP contribution in [0.1, 0.15) is 30.5 Å². The van der Waals surface area contributed by atoms with Gasteiger partial charge in [0.25, 0.3) is 0 Å². The van der Waals surface area contributed by atoms with Gasteiger partial charge in [0.1, 0.15) is 0 Å². The van der Waals surface area contributed by atoms with Gasteiger partial charge in [0, 0.05) is 6.21 Å². The Morgan fingerprint density at radius 1 is 1.04 bits per heavy atom. The average Bonchev–Trinajstić information content (AvgIpc) is 2.52. The van der Waals surface area contributed by atoms with Crippen molar-refractivity contribution in [2.24, 2.45) is 4.99 Å². The lowest BCUT2D eigenvalue weighted by atomic mass is 10.1. The lowest BCUT2D eigenvalue weighted by Crippen LogP contribution is -2.00. The molecule has 0 saturated carbocycles. The molecular weight excluding hydrogens is 354 g/mol. The molecule has 0 fully saturated rings. The number of nitrogens with zero attached hydrogens (tertiary/aromatic N) is 1. The number of halogens is 1. The first-order chi connectivity index (χ1) is 11.0. The van der Waals surface area contributed by atoms with E-state index in [-0.39, 0.29) is 0 Å². The number of aryl methyl sites for hydroxylation is 2. The number of ether oxygens (including phenoxy) is 2. The minimum atomic E-state index is 0.587. The highest BCUT2D eigenvalue weighted by atomic mass is 79.9. The monoisotopic (exact) mass is 375 g/mol. The Morgan fingerprint density at radius 2 is 1.78 bits per heavy atom. The molecule has 0 aliphatic heterocycles. The molecule has 0 radical (unpaired) electrons. The number of rotatable bonds is 6. The maximum absolute atomic E-state index is 5.69. The third-order valence-corrected chi connectivity index (χ3v) is 3.93. The second-order valence-electron chi connectivity index (χ2n) is 5.24. The predicted molar refractivity (Wildman–Crippen MR) is 99.7 cm³/mol. The Kier molecular flexibility index (Phi) is 6.22. The second-order valence-corrected chi connectivity index (χ2v) is 6.10. The van der Waals surface area contributed by atoms with Crippen molar-refractivity contribution in [2.75, 3.05) is 13.2 Å². The summed E-state index contributed by atoms with van der Waals surface area (Å²) in [6.07, 6.45) is 1.85. The normalized spacial score (nSPS) is 11.0. The van der Waals surface area contributed by atoms with Crippen LogP contribution in [0, 0.1) is 13.8 Å². The van der Waals surface area contributed by atoms with Crippen molar-refractivity contribution >= 4 is 27.8 Å². The van der Waals surface area contributed by atoms with Crippen LogP contribution in [0.5, 0.6) is 11.5 Å². The van der Waals surface area contributed by atoms with E-state index >= 15 is 0 Å². The molecule has 2 rings (SSSR count). The van der Waals surface area contributed by atoms with Gasteiger partial charge in [-0.25, -0.2) is 0 Å². The fourth-order valence-corrected chi connectivity index (χ4v) is 2.79. The van der Waals surface area contributed by atoms with Gasteiger partial charge in [-0.1, -0.05) is 12.1 Å². The van der Waals surface area contributed by atoms with E-state index in [1.54, 1.807) is 0 Å². The molecule has 0 atom stereocenters. The highest BCUT2D eigenvalue weighted by Crippen LogP contribution is 2.36. The van der Waals surface area contributed by atoms with Gasteiger partial charge in [-0.2, -0.15) is 0 Å². The number of benzene rings is 2. The van der Waals surface area contributed by atoms with Crippen molar-refractivity contribution in [1.29, 1.82) is 0 Å². The number of hydrogen-bond acceptors (Lipinski definition) is 3. The van der Waals surface area contributed by atoms with Gasteiger partial charge in [0.05, 0.1) is 23.4 Å². The molecule has 23 heavy (non-hydrogen) atoms. The Hall–Kier alpha value is -1.81. The maximum Gasteiger partial charge on any atom is 0.175 e. The molecular formula is C19H22BrNO2. The van der Waals surface area contributed by atoms with E-state index in [4.69, 9.17) is 9.47 Å². The van der Waals surface area contributed by atoms with Crippen LogP contribution in [0.25, 0.3) is 0 Å². The summed E-state index contributed by atoms with van der Waals surface area (Å²) >= 11 is 3.55. The van der Waals surface area contributed by atoms with Gasteiger partial charge in [-0.3, -0.25) is 4.99 Å². The van der Waals surface area contributed by atoms with Crippen molar-refractivity contribution in [3.05, 3.63) is 51.5 Å². The zero-order valence-corrected chi connectivity index (χ0v) is 15.6. The summed E-state index contributed by atoms with van der Waals surface area (Å²) in [4.78, 5) is 4.61. The third-order valence-electron chi connectivity index (χ3n) is 3.34. The van der Waals surface area contributed by atoms with E-state index < -0.39 is 0 Å². The van der Waals surface area contributed by atoms with Crippen LogP contribution < -0.4 is 9.47 Å². The first kappa shape index (κ1) is 17.5. The molecule has 0 aromatic heterocycles. The molecule has 0 saturated heterocycles. The number of aliphatic imine (C=N–C) groups is 1. The molecule has 0 aliphatic carbocycles. The van der Waals surface area contributed by atoms with Crippen LogP contribution in [0.3, 0.4) is 0 Å². The van der Waals surface area contributed by atoms with Gasteiger partial charge in [-0.05, 0) is 78.5 Å². The molecule has 0 heterocycles. The van der Waals surface area contributed by atoms with Gasteiger partial charge < -0.3 is 9.47 Å². The topological polar surface area (TPSA) is 30.8 Å². The molecule has 4 heteroatoms. The third kappa shape index (κ3) is 4.58. The van der Waals surface area contributed by atoms with Crippen LogP contribution in [0.15, 0.2) is 39.8 Å². The standard InChI is InChI=1S/C19H22BrNO2/c1-5-22-18-11-15(10-16(20)19(18)23-6-2)12-21-17-9-13(3)7-8-14(17)4/h7-12H,5-6H2,1-4H3. The lowest BCUT2D eigenvalue weighted by Gasteiger charge is -2.13. The van der Waals surface area contributed by atoms with Crippen molar-refractivity contribution in [2.45, 2.75) is 27.7 Å². The van der Waals surface area contributed by atoms with Crippen molar-refractivity contribution in [1.82, 2.24) is 0 Å². The molecule has 0 unspecified atom stereocenters. The van der Waals surface area contributed by atoms with Crippen molar-refractivity contribution < 1.29 is 9.47 Å². The molecule has 122 valence electrons. The summed E-state index contributed by atoms with van der Waals surface area (Å²) in [6, 6.07) is 10.2.